The van der Waals surface area contributed by atoms with E-state index in [1.54, 1.807) is 0 Å². The van der Waals surface area contributed by atoms with Gasteiger partial charge >= 0.3 is 0 Å². The molecule has 0 unspecified atom stereocenters. The first-order chi connectivity index (χ1) is 16.3. The number of benzene rings is 4. The molecule has 0 saturated heterocycles. The van der Waals surface area contributed by atoms with Crippen LogP contribution in [0, 0.1) is 0 Å². The molecule has 4 aromatic carbocycles. The van der Waals surface area contributed by atoms with Gasteiger partial charge in [0.15, 0.2) is 0 Å². The lowest BCUT2D eigenvalue weighted by molar-refractivity contribution is 1.09. The predicted octanol–water partition coefficient (Wildman–Crippen LogP) is 12.2. The third-order valence-electron chi connectivity index (χ3n) is 3.32. The van der Waals surface area contributed by atoms with E-state index in [4.69, 9.17) is 0 Å². The quantitative estimate of drug-likeness (QED) is 0.250. The Morgan fingerprint density at radius 3 is 0.485 bits per heavy atom. The van der Waals surface area contributed by atoms with Crippen molar-refractivity contribution in [3.05, 3.63) is 97.1 Å². The van der Waals surface area contributed by atoms with Crippen LogP contribution >= 0.6 is 0 Å². The Bertz CT molecular complexity index is 628. The van der Waals surface area contributed by atoms with Gasteiger partial charge < -0.3 is 0 Å². The molecule has 4 aromatic rings. The summed E-state index contributed by atoms with van der Waals surface area (Å²) in [4.78, 5) is 0. The Kier molecular flexibility index (Phi) is 38.9. The number of fused-ring (bicyclic) bond motifs is 2. The molecular formula is C33H54. The van der Waals surface area contributed by atoms with Crippen molar-refractivity contribution in [1.82, 2.24) is 0 Å². The van der Waals surface area contributed by atoms with E-state index in [2.05, 4.69) is 111 Å². The van der Waals surface area contributed by atoms with Crippen molar-refractivity contribution in [3.8, 4) is 0 Å². The van der Waals surface area contributed by atoms with Gasteiger partial charge in [0.2, 0.25) is 0 Å². The average molecular weight is 451 g/mol. The van der Waals surface area contributed by atoms with Gasteiger partial charge in [0, 0.05) is 0 Å². The van der Waals surface area contributed by atoms with Gasteiger partial charge in [0.25, 0.3) is 0 Å². The zero-order valence-electron chi connectivity index (χ0n) is 23.9. The highest BCUT2D eigenvalue weighted by atomic mass is 13.9. The monoisotopic (exact) mass is 450 g/mol. The normalized spacial score (nSPS) is 7.52. The van der Waals surface area contributed by atoms with Gasteiger partial charge in [-0.25, -0.2) is 0 Å². The molecule has 0 heteroatoms. The van der Waals surface area contributed by atoms with Crippen LogP contribution in [0.2, 0.25) is 0 Å². The predicted molar refractivity (Wildman–Crippen MR) is 161 cm³/mol. The fraction of sp³-hybridized carbons (Fsp3) is 0.394. The van der Waals surface area contributed by atoms with Crippen molar-refractivity contribution >= 4 is 21.5 Å². The molecular weight excluding hydrogens is 396 g/mol. The molecule has 33 heavy (non-hydrogen) atoms. The first kappa shape index (κ1) is 37.7. The third-order valence-corrected chi connectivity index (χ3v) is 3.32. The first-order valence-corrected chi connectivity index (χ1v) is 13.2. The van der Waals surface area contributed by atoms with Crippen LogP contribution in [0.1, 0.15) is 89.5 Å². The second kappa shape index (κ2) is 34.0. The standard InChI is InChI=1S/2C10H8.C3H8.5C2H6/c2*1-2-6-10-8-4-3-7-9(10)5-1;1-3-2;5*1-2/h2*1-8H;3H2,1-2H3;5*1-2H3. The maximum atomic E-state index is 2.12. The molecule has 4 rings (SSSR count). The highest BCUT2D eigenvalue weighted by molar-refractivity contribution is 5.82. The summed E-state index contributed by atoms with van der Waals surface area (Å²) in [5.41, 5.74) is 0. The topological polar surface area (TPSA) is 0 Å². The van der Waals surface area contributed by atoms with Gasteiger partial charge in [0.1, 0.15) is 0 Å². The fourth-order valence-corrected chi connectivity index (χ4v) is 2.27. The minimum absolute atomic E-state index is 1.25. The first-order valence-electron chi connectivity index (χ1n) is 13.2. The van der Waals surface area contributed by atoms with Crippen LogP contribution in [0.25, 0.3) is 21.5 Å². The summed E-state index contributed by atoms with van der Waals surface area (Å²) in [5.74, 6) is 0. The van der Waals surface area contributed by atoms with Gasteiger partial charge in [-0.1, -0.05) is 187 Å². The van der Waals surface area contributed by atoms with E-state index in [1.165, 1.54) is 28.0 Å². The smallest absolute Gasteiger partial charge is 0.0184 e. The average Bonchev–Trinajstić information content (AvgIpc) is 2.95. The van der Waals surface area contributed by atoms with Gasteiger partial charge in [-0.3, -0.25) is 0 Å². The van der Waals surface area contributed by atoms with Gasteiger partial charge in [-0.2, -0.15) is 0 Å². The minimum atomic E-state index is 1.25. The second-order valence-electron chi connectivity index (χ2n) is 5.40. The molecule has 0 heterocycles. The van der Waals surface area contributed by atoms with Crippen LogP contribution in [0.3, 0.4) is 0 Å². The van der Waals surface area contributed by atoms with E-state index in [1.807, 2.05) is 69.2 Å². The van der Waals surface area contributed by atoms with E-state index in [-0.39, 0.29) is 0 Å². The lowest BCUT2D eigenvalue weighted by atomic mass is 10.1. The largest absolute Gasteiger partial charge is 0.0683 e. The summed E-state index contributed by atoms with van der Waals surface area (Å²) < 4.78 is 0. The molecule has 0 fully saturated rings. The van der Waals surface area contributed by atoms with E-state index in [9.17, 15) is 0 Å². The van der Waals surface area contributed by atoms with E-state index >= 15 is 0 Å². The van der Waals surface area contributed by atoms with E-state index in [0.717, 1.165) is 0 Å². The molecule has 0 atom stereocenters. The molecule has 0 aromatic heterocycles. The summed E-state index contributed by atoms with van der Waals surface area (Å²) in [7, 11) is 0. The third kappa shape index (κ3) is 19.8. The van der Waals surface area contributed by atoms with Crippen LogP contribution < -0.4 is 0 Å². The van der Waals surface area contributed by atoms with Crippen molar-refractivity contribution in [3.63, 3.8) is 0 Å². The van der Waals surface area contributed by atoms with Gasteiger partial charge in [-0.15, -0.1) is 0 Å². The Morgan fingerprint density at radius 2 is 0.394 bits per heavy atom. The summed E-state index contributed by atoms with van der Waals surface area (Å²) in [6, 6.07) is 33.4. The van der Waals surface area contributed by atoms with E-state index in [0.29, 0.717) is 0 Å². The lowest BCUT2D eigenvalue weighted by Gasteiger charge is -1.92. The van der Waals surface area contributed by atoms with Crippen molar-refractivity contribution in [2.45, 2.75) is 89.5 Å². The summed E-state index contributed by atoms with van der Waals surface area (Å²) in [6.45, 7) is 24.2. The molecule has 0 aliphatic heterocycles. The molecule has 0 spiro atoms. The Balaban J connectivity index is -0.000000172. The van der Waals surface area contributed by atoms with Gasteiger partial charge in [-0.05, 0) is 21.5 Å². The lowest BCUT2D eigenvalue weighted by Crippen LogP contribution is -1.67. The summed E-state index contributed by atoms with van der Waals surface area (Å²) in [5, 5.41) is 5.24. The van der Waals surface area contributed by atoms with Crippen LogP contribution in [0.15, 0.2) is 97.1 Å². The maximum absolute atomic E-state index is 2.12. The maximum Gasteiger partial charge on any atom is -0.0184 e. The molecule has 0 radical (unpaired) electrons. The second-order valence-corrected chi connectivity index (χ2v) is 5.40. The molecule has 0 nitrogen and oxygen atoms in total. The zero-order valence-corrected chi connectivity index (χ0v) is 23.9. The summed E-state index contributed by atoms with van der Waals surface area (Å²) in [6.07, 6.45) is 1.25. The minimum Gasteiger partial charge on any atom is -0.0683 e. The van der Waals surface area contributed by atoms with Crippen LogP contribution in [0.5, 0.6) is 0 Å². The van der Waals surface area contributed by atoms with Crippen LogP contribution in [0.4, 0.5) is 0 Å². The molecule has 0 amide bonds. The summed E-state index contributed by atoms with van der Waals surface area (Å²) >= 11 is 0. The zero-order chi connectivity index (χ0) is 26.3. The fourth-order valence-electron chi connectivity index (χ4n) is 2.27. The van der Waals surface area contributed by atoms with Crippen molar-refractivity contribution in [2.75, 3.05) is 0 Å². The van der Waals surface area contributed by atoms with Gasteiger partial charge in [0.05, 0.1) is 0 Å². The number of hydrogen-bond donors (Lipinski definition) is 0. The Hall–Kier alpha value is -2.60. The SMILES string of the molecule is CC.CC.CC.CC.CC.CCC.c1ccc2ccccc2c1.c1ccc2ccccc2c1. The number of hydrogen-bond acceptors (Lipinski definition) is 0. The molecule has 186 valence electrons. The van der Waals surface area contributed by atoms with E-state index < -0.39 is 0 Å². The highest BCUT2D eigenvalue weighted by Crippen LogP contribution is 2.12. The Labute approximate surface area is 208 Å². The molecule has 0 aliphatic rings. The van der Waals surface area contributed by atoms with Crippen molar-refractivity contribution in [2.24, 2.45) is 0 Å². The van der Waals surface area contributed by atoms with Crippen LogP contribution in [-0.4, -0.2) is 0 Å². The van der Waals surface area contributed by atoms with Crippen molar-refractivity contribution in [1.29, 1.82) is 0 Å². The molecule has 0 bridgehead atoms. The molecule has 0 aliphatic carbocycles. The number of rotatable bonds is 0. The highest BCUT2D eigenvalue weighted by Gasteiger charge is 1.86. The molecule has 0 saturated carbocycles. The van der Waals surface area contributed by atoms with Crippen molar-refractivity contribution < 1.29 is 0 Å². The molecule has 0 N–H and O–H groups in total. The Morgan fingerprint density at radius 1 is 0.303 bits per heavy atom. The van der Waals surface area contributed by atoms with Crippen LogP contribution in [-0.2, 0) is 0 Å².